The van der Waals surface area contributed by atoms with Crippen LogP contribution in [0.2, 0.25) is 0 Å². The number of fused-ring (bicyclic) bond motifs is 2. The Hall–Kier alpha value is -2.93. The fourth-order valence-electron chi connectivity index (χ4n) is 4.63. The first-order chi connectivity index (χ1) is 14.1. The van der Waals surface area contributed by atoms with E-state index in [2.05, 4.69) is 15.2 Å². The molecular formula is C22H25N5O2. The highest BCUT2D eigenvalue weighted by atomic mass is 16.2. The van der Waals surface area contributed by atoms with Gasteiger partial charge in [0.1, 0.15) is 0 Å². The molecule has 29 heavy (non-hydrogen) atoms. The van der Waals surface area contributed by atoms with Crippen molar-refractivity contribution in [3.05, 3.63) is 57.0 Å². The molecule has 3 aliphatic rings. The number of carbonyl (C=O) groups excluding carboxylic acids is 1. The lowest BCUT2D eigenvalue weighted by Crippen LogP contribution is -2.33. The molecule has 2 N–H and O–H groups in total. The van der Waals surface area contributed by atoms with Crippen molar-refractivity contribution in [3.63, 3.8) is 0 Å². The Kier molecular flexibility index (Phi) is 4.47. The lowest BCUT2D eigenvalue weighted by molar-refractivity contribution is 0.0763. The molecule has 5 rings (SSSR count). The minimum Gasteiger partial charge on any atom is -0.387 e. The molecule has 0 bridgehead atoms. The van der Waals surface area contributed by atoms with E-state index in [4.69, 9.17) is 4.99 Å². The van der Waals surface area contributed by atoms with Gasteiger partial charge in [-0.05, 0) is 55.3 Å². The van der Waals surface area contributed by atoms with E-state index in [0.717, 1.165) is 60.0 Å². The van der Waals surface area contributed by atoms with Gasteiger partial charge in [-0.25, -0.2) is 0 Å². The van der Waals surface area contributed by atoms with Crippen molar-refractivity contribution in [1.29, 1.82) is 0 Å². The van der Waals surface area contributed by atoms with Crippen molar-refractivity contribution in [2.24, 2.45) is 4.99 Å². The Morgan fingerprint density at radius 3 is 2.76 bits per heavy atom. The van der Waals surface area contributed by atoms with Gasteiger partial charge in [0, 0.05) is 44.9 Å². The van der Waals surface area contributed by atoms with Gasteiger partial charge >= 0.3 is 0 Å². The maximum atomic E-state index is 12.9. The van der Waals surface area contributed by atoms with Gasteiger partial charge in [-0.15, -0.1) is 0 Å². The van der Waals surface area contributed by atoms with Gasteiger partial charge in [-0.2, -0.15) is 0 Å². The SMILES string of the molecule is CNc1cc[nH]c(=O)c1C1=Nc2cc3c(cc2C1)C(=O)N(CCN1CCCC1)C3. The highest BCUT2D eigenvalue weighted by Gasteiger charge is 2.31. The van der Waals surface area contributed by atoms with Crippen LogP contribution in [0.5, 0.6) is 0 Å². The van der Waals surface area contributed by atoms with Crippen molar-refractivity contribution in [1.82, 2.24) is 14.8 Å². The Morgan fingerprint density at radius 2 is 1.97 bits per heavy atom. The number of nitrogens with one attached hydrogen (secondary N) is 2. The van der Waals surface area contributed by atoms with E-state index in [-0.39, 0.29) is 11.5 Å². The number of aromatic amines is 1. The average molecular weight is 391 g/mol. The molecule has 150 valence electrons. The predicted octanol–water partition coefficient (Wildman–Crippen LogP) is 2.15. The van der Waals surface area contributed by atoms with Gasteiger partial charge < -0.3 is 20.1 Å². The lowest BCUT2D eigenvalue weighted by Gasteiger charge is -2.20. The quantitative estimate of drug-likeness (QED) is 0.818. The van der Waals surface area contributed by atoms with Crippen LogP contribution in [-0.4, -0.2) is 59.6 Å². The molecule has 0 saturated carbocycles. The number of nitrogens with zero attached hydrogens (tertiary/aromatic N) is 3. The van der Waals surface area contributed by atoms with E-state index in [1.54, 1.807) is 13.2 Å². The summed E-state index contributed by atoms with van der Waals surface area (Å²) in [6.07, 6.45) is 4.72. The minimum absolute atomic E-state index is 0.115. The summed E-state index contributed by atoms with van der Waals surface area (Å²) in [6.45, 7) is 4.67. The Balaban J connectivity index is 1.38. The summed E-state index contributed by atoms with van der Waals surface area (Å²) in [6, 6.07) is 5.85. The van der Waals surface area contributed by atoms with Crippen LogP contribution < -0.4 is 10.9 Å². The summed E-state index contributed by atoms with van der Waals surface area (Å²) in [5, 5.41) is 3.07. The normalized spacial score (nSPS) is 18.2. The first kappa shape index (κ1) is 18.1. The molecule has 0 radical (unpaired) electrons. The third kappa shape index (κ3) is 3.15. The minimum atomic E-state index is -0.153. The molecule has 4 heterocycles. The first-order valence-corrected chi connectivity index (χ1v) is 10.3. The van der Waals surface area contributed by atoms with Crippen molar-refractivity contribution in [2.75, 3.05) is 38.5 Å². The largest absolute Gasteiger partial charge is 0.387 e. The van der Waals surface area contributed by atoms with E-state index in [9.17, 15) is 9.59 Å². The van der Waals surface area contributed by atoms with E-state index in [1.165, 1.54) is 12.8 Å². The number of aromatic nitrogens is 1. The standard InChI is InChI=1S/C22H25N5O2/c1-23-17-4-5-24-21(28)20(17)19-11-14-10-16-15(12-18(14)25-19)13-27(22(16)29)9-8-26-6-2-3-7-26/h4-5,10,12H,2-3,6-9,11,13H2,1H3,(H2,23,24,28). The Labute approximate surface area is 169 Å². The molecule has 1 aromatic heterocycles. The van der Waals surface area contributed by atoms with Gasteiger partial charge in [0.25, 0.3) is 11.5 Å². The topological polar surface area (TPSA) is 80.8 Å². The second kappa shape index (κ2) is 7.15. The van der Waals surface area contributed by atoms with E-state index >= 15 is 0 Å². The number of rotatable bonds is 5. The maximum absolute atomic E-state index is 12.9. The molecule has 2 aromatic rings. The molecule has 7 heteroatoms. The zero-order valence-electron chi connectivity index (χ0n) is 16.6. The number of H-pyrrole nitrogens is 1. The number of carbonyl (C=O) groups is 1. The highest BCUT2D eigenvalue weighted by Crippen LogP contribution is 2.35. The summed E-state index contributed by atoms with van der Waals surface area (Å²) < 4.78 is 0. The Morgan fingerprint density at radius 1 is 1.14 bits per heavy atom. The molecule has 1 aromatic carbocycles. The molecular weight excluding hydrogens is 366 g/mol. The fraction of sp³-hybridized carbons (Fsp3) is 0.409. The molecule has 1 amide bonds. The van der Waals surface area contributed by atoms with Crippen LogP contribution in [0.1, 0.15) is 39.9 Å². The number of likely N-dealkylation sites (tertiary alicyclic amines) is 1. The third-order valence-corrected chi connectivity index (χ3v) is 6.20. The molecule has 0 aliphatic carbocycles. The highest BCUT2D eigenvalue weighted by molar-refractivity contribution is 6.10. The van der Waals surface area contributed by atoms with E-state index in [1.807, 2.05) is 23.1 Å². The number of pyridine rings is 1. The second-order valence-corrected chi connectivity index (χ2v) is 7.99. The van der Waals surface area contributed by atoms with Crippen LogP contribution in [-0.2, 0) is 13.0 Å². The van der Waals surface area contributed by atoms with Crippen LogP contribution >= 0.6 is 0 Å². The van der Waals surface area contributed by atoms with Crippen LogP contribution in [0.4, 0.5) is 11.4 Å². The Bertz CT molecular complexity index is 1070. The zero-order valence-corrected chi connectivity index (χ0v) is 16.6. The molecule has 0 unspecified atom stereocenters. The number of aliphatic imine (C=N–C) groups is 1. The van der Waals surface area contributed by atoms with Crippen molar-refractivity contribution >= 4 is 23.0 Å². The summed E-state index contributed by atoms with van der Waals surface area (Å²) in [5.74, 6) is 0.115. The van der Waals surface area contributed by atoms with Crippen LogP contribution in [0.3, 0.4) is 0 Å². The van der Waals surface area contributed by atoms with E-state index in [0.29, 0.717) is 18.5 Å². The maximum Gasteiger partial charge on any atom is 0.259 e. The molecule has 1 saturated heterocycles. The number of hydrogen-bond donors (Lipinski definition) is 2. The third-order valence-electron chi connectivity index (χ3n) is 6.20. The van der Waals surface area contributed by atoms with Crippen molar-refractivity contribution in [3.8, 4) is 0 Å². The van der Waals surface area contributed by atoms with Gasteiger partial charge in [0.15, 0.2) is 0 Å². The summed E-state index contributed by atoms with van der Waals surface area (Å²) in [7, 11) is 1.80. The molecule has 0 spiro atoms. The van der Waals surface area contributed by atoms with Gasteiger partial charge in [-0.1, -0.05) is 0 Å². The second-order valence-electron chi connectivity index (χ2n) is 7.99. The summed E-state index contributed by atoms with van der Waals surface area (Å²) in [4.78, 5) is 37.1. The number of hydrogen-bond acceptors (Lipinski definition) is 5. The first-order valence-electron chi connectivity index (χ1n) is 10.3. The smallest absolute Gasteiger partial charge is 0.259 e. The number of benzene rings is 1. The predicted molar refractivity (Wildman–Crippen MR) is 113 cm³/mol. The van der Waals surface area contributed by atoms with Gasteiger partial charge in [0.2, 0.25) is 0 Å². The van der Waals surface area contributed by atoms with Gasteiger partial charge in [-0.3, -0.25) is 14.6 Å². The summed E-state index contributed by atoms with van der Waals surface area (Å²) in [5.41, 5.74) is 5.64. The monoisotopic (exact) mass is 391 g/mol. The molecule has 0 atom stereocenters. The van der Waals surface area contributed by atoms with E-state index < -0.39 is 0 Å². The lowest BCUT2D eigenvalue weighted by atomic mass is 10.0. The van der Waals surface area contributed by atoms with Crippen LogP contribution in [0, 0.1) is 0 Å². The fourth-order valence-corrected chi connectivity index (χ4v) is 4.63. The average Bonchev–Trinajstić information content (AvgIpc) is 3.44. The van der Waals surface area contributed by atoms with Crippen LogP contribution in [0.15, 0.2) is 34.2 Å². The van der Waals surface area contributed by atoms with Crippen LogP contribution in [0.25, 0.3) is 0 Å². The van der Waals surface area contributed by atoms with Crippen molar-refractivity contribution in [2.45, 2.75) is 25.8 Å². The summed E-state index contributed by atoms with van der Waals surface area (Å²) >= 11 is 0. The molecule has 3 aliphatic heterocycles. The molecule has 1 fully saturated rings. The zero-order chi connectivity index (χ0) is 20.0. The number of anilines is 1. The molecule has 7 nitrogen and oxygen atoms in total. The number of amides is 1. The van der Waals surface area contributed by atoms with Crippen molar-refractivity contribution < 1.29 is 4.79 Å². The van der Waals surface area contributed by atoms with Gasteiger partial charge in [0.05, 0.1) is 22.6 Å².